The molecule has 1 heterocycles. The predicted molar refractivity (Wildman–Crippen MR) is 79.7 cm³/mol. The lowest BCUT2D eigenvalue weighted by atomic mass is 10.0. The summed E-state index contributed by atoms with van der Waals surface area (Å²) in [5, 5.41) is 0. The highest BCUT2D eigenvalue weighted by Crippen LogP contribution is 2.40. The number of sulfone groups is 1. The molecule has 0 aromatic heterocycles. The normalized spacial score (nSPS) is 19.4. The first-order valence-corrected chi connectivity index (χ1v) is 9.23. The Labute approximate surface area is 123 Å². The van der Waals surface area contributed by atoms with Gasteiger partial charge in [0.25, 0.3) is 0 Å². The summed E-state index contributed by atoms with van der Waals surface area (Å²) in [6.45, 7) is 1.58. The van der Waals surface area contributed by atoms with Crippen molar-refractivity contribution in [1.82, 2.24) is 0 Å². The van der Waals surface area contributed by atoms with Crippen LogP contribution >= 0.6 is 11.8 Å². The first-order valence-electron chi connectivity index (χ1n) is 6.43. The van der Waals surface area contributed by atoms with Crippen LogP contribution in [0.15, 0.2) is 29.2 Å². The molecule has 0 saturated carbocycles. The number of hydrogen-bond acceptors (Lipinski definition) is 5. The second kappa shape index (κ2) is 6.18. The number of hydrogen-bond donors (Lipinski definition) is 0. The summed E-state index contributed by atoms with van der Waals surface area (Å²) < 4.78 is 29.0. The van der Waals surface area contributed by atoms with Crippen LogP contribution in [-0.2, 0) is 19.4 Å². The molecule has 1 aromatic rings. The monoisotopic (exact) mass is 314 g/mol. The number of carbonyl (C=O) groups is 1. The SMILES string of the molecule is COC(=O)C(C)CS(=O)(=O)CC1CSc2ccccc21. The molecule has 110 valence electrons. The van der Waals surface area contributed by atoms with Gasteiger partial charge in [-0.3, -0.25) is 4.79 Å². The Bertz CT molecular complexity index is 595. The highest BCUT2D eigenvalue weighted by atomic mass is 32.2. The molecule has 0 N–H and O–H groups in total. The molecule has 1 aliphatic heterocycles. The van der Waals surface area contributed by atoms with Crippen LogP contribution in [0.25, 0.3) is 0 Å². The Morgan fingerprint density at radius 3 is 2.85 bits per heavy atom. The Kier molecular flexibility index (Phi) is 4.75. The van der Waals surface area contributed by atoms with E-state index in [9.17, 15) is 13.2 Å². The maximum Gasteiger partial charge on any atom is 0.309 e. The molecule has 0 bridgehead atoms. The van der Waals surface area contributed by atoms with Gasteiger partial charge in [0, 0.05) is 16.6 Å². The van der Waals surface area contributed by atoms with Crippen molar-refractivity contribution in [2.75, 3.05) is 24.4 Å². The van der Waals surface area contributed by atoms with Gasteiger partial charge in [0.05, 0.1) is 24.5 Å². The van der Waals surface area contributed by atoms with Crippen LogP contribution in [0.2, 0.25) is 0 Å². The van der Waals surface area contributed by atoms with Gasteiger partial charge in [0.2, 0.25) is 0 Å². The minimum Gasteiger partial charge on any atom is -0.469 e. The van der Waals surface area contributed by atoms with E-state index in [-0.39, 0.29) is 17.4 Å². The fraction of sp³-hybridized carbons (Fsp3) is 0.500. The number of fused-ring (bicyclic) bond motifs is 1. The first-order chi connectivity index (χ1) is 9.43. The zero-order chi connectivity index (χ0) is 14.8. The number of ether oxygens (including phenoxy) is 1. The van der Waals surface area contributed by atoms with Gasteiger partial charge in [0.15, 0.2) is 9.84 Å². The third kappa shape index (κ3) is 3.55. The zero-order valence-electron chi connectivity index (χ0n) is 11.5. The van der Waals surface area contributed by atoms with E-state index in [0.717, 1.165) is 16.2 Å². The molecule has 0 radical (unpaired) electrons. The standard InChI is InChI=1S/C14H18O4S2/c1-10(14(15)18-2)8-20(16,17)9-11-7-19-13-6-4-3-5-12(11)13/h3-6,10-11H,7-9H2,1-2H3. The second-order valence-corrected chi connectivity index (χ2v) is 8.26. The molecule has 0 aliphatic carbocycles. The molecule has 20 heavy (non-hydrogen) atoms. The van der Waals surface area contributed by atoms with Crippen molar-refractivity contribution in [2.24, 2.45) is 5.92 Å². The Morgan fingerprint density at radius 1 is 1.45 bits per heavy atom. The number of benzene rings is 1. The van der Waals surface area contributed by atoms with Crippen LogP contribution in [0.5, 0.6) is 0 Å². The van der Waals surface area contributed by atoms with Gasteiger partial charge in [-0.15, -0.1) is 11.8 Å². The minimum atomic E-state index is -3.28. The van der Waals surface area contributed by atoms with Crippen molar-refractivity contribution in [3.05, 3.63) is 29.8 Å². The second-order valence-electron chi connectivity index (χ2n) is 5.05. The van der Waals surface area contributed by atoms with Crippen LogP contribution in [0.1, 0.15) is 18.4 Å². The van der Waals surface area contributed by atoms with Crippen molar-refractivity contribution in [2.45, 2.75) is 17.7 Å². The molecule has 2 rings (SSSR count). The lowest BCUT2D eigenvalue weighted by Gasteiger charge is -2.14. The smallest absolute Gasteiger partial charge is 0.309 e. The van der Waals surface area contributed by atoms with E-state index in [2.05, 4.69) is 4.74 Å². The number of rotatable bonds is 5. The van der Waals surface area contributed by atoms with E-state index in [0.29, 0.717) is 0 Å². The molecule has 0 spiro atoms. The maximum absolute atomic E-state index is 12.2. The van der Waals surface area contributed by atoms with Gasteiger partial charge >= 0.3 is 5.97 Å². The third-order valence-corrected chi connectivity index (χ3v) is 6.53. The molecular weight excluding hydrogens is 296 g/mol. The Balaban J connectivity index is 2.05. The maximum atomic E-state index is 12.2. The van der Waals surface area contributed by atoms with Crippen molar-refractivity contribution < 1.29 is 17.9 Å². The average Bonchev–Trinajstić information content (AvgIpc) is 2.80. The Hall–Kier alpha value is -1.01. The van der Waals surface area contributed by atoms with E-state index in [1.807, 2.05) is 24.3 Å². The van der Waals surface area contributed by atoms with Crippen LogP contribution in [-0.4, -0.2) is 38.8 Å². The molecular formula is C14H18O4S2. The predicted octanol–water partition coefficient (Wildman–Crippen LogP) is 2.10. The van der Waals surface area contributed by atoms with Gasteiger partial charge in [-0.25, -0.2) is 8.42 Å². The zero-order valence-corrected chi connectivity index (χ0v) is 13.2. The molecule has 0 amide bonds. The van der Waals surface area contributed by atoms with Crippen molar-refractivity contribution >= 4 is 27.6 Å². The van der Waals surface area contributed by atoms with Crippen LogP contribution in [0.3, 0.4) is 0 Å². The number of methoxy groups -OCH3 is 1. The average molecular weight is 314 g/mol. The van der Waals surface area contributed by atoms with E-state index in [4.69, 9.17) is 0 Å². The number of carbonyl (C=O) groups excluding carboxylic acids is 1. The molecule has 1 aromatic carbocycles. The van der Waals surface area contributed by atoms with Crippen molar-refractivity contribution in [1.29, 1.82) is 0 Å². The summed E-state index contributed by atoms with van der Waals surface area (Å²) >= 11 is 1.69. The van der Waals surface area contributed by atoms with Gasteiger partial charge in [-0.1, -0.05) is 25.1 Å². The Morgan fingerprint density at radius 2 is 2.15 bits per heavy atom. The largest absolute Gasteiger partial charge is 0.469 e. The fourth-order valence-corrected chi connectivity index (χ4v) is 5.74. The van der Waals surface area contributed by atoms with Gasteiger partial charge < -0.3 is 4.74 Å². The lowest BCUT2D eigenvalue weighted by molar-refractivity contribution is -0.144. The molecule has 2 atom stereocenters. The highest BCUT2D eigenvalue weighted by molar-refractivity contribution is 7.99. The van der Waals surface area contributed by atoms with Crippen LogP contribution < -0.4 is 0 Å². The van der Waals surface area contributed by atoms with Crippen molar-refractivity contribution in [3.63, 3.8) is 0 Å². The molecule has 1 aliphatic rings. The first kappa shape index (κ1) is 15.4. The van der Waals surface area contributed by atoms with E-state index < -0.39 is 21.7 Å². The van der Waals surface area contributed by atoms with Gasteiger partial charge in [-0.2, -0.15) is 0 Å². The highest BCUT2D eigenvalue weighted by Gasteiger charge is 2.30. The molecule has 6 heteroatoms. The molecule has 4 nitrogen and oxygen atoms in total. The summed E-state index contributed by atoms with van der Waals surface area (Å²) in [5.74, 6) is -0.345. The number of thioether (sulfide) groups is 1. The van der Waals surface area contributed by atoms with E-state index >= 15 is 0 Å². The minimum absolute atomic E-state index is 0.0195. The summed E-state index contributed by atoms with van der Waals surface area (Å²) in [7, 11) is -2.00. The fourth-order valence-electron chi connectivity index (χ4n) is 2.39. The van der Waals surface area contributed by atoms with E-state index in [1.54, 1.807) is 18.7 Å². The molecule has 0 saturated heterocycles. The lowest BCUT2D eigenvalue weighted by Crippen LogP contribution is -2.26. The third-order valence-electron chi connectivity index (χ3n) is 3.36. The number of esters is 1. The topological polar surface area (TPSA) is 60.4 Å². The summed E-state index contributed by atoms with van der Waals surface area (Å²) in [6, 6.07) is 7.90. The van der Waals surface area contributed by atoms with Crippen molar-refractivity contribution in [3.8, 4) is 0 Å². The van der Waals surface area contributed by atoms with Gasteiger partial charge in [-0.05, 0) is 11.6 Å². The summed E-state index contributed by atoms with van der Waals surface area (Å²) in [4.78, 5) is 12.5. The summed E-state index contributed by atoms with van der Waals surface area (Å²) in [6.07, 6.45) is 0. The van der Waals surface area contributed by atoms with Crippen LogP contribution in [0, 0.1) is 5.92 Å². The van der Waals surface area contributed by atoms with Crippen LogP contribution in [0.4, 0.5) is 0 Å². The van der Waals surface area contributed by atoms with E-state index in [1.165, 1.54) is 7.11 Å². The quantitative estimate of drug-likeness (QED) is 0.779. The summed E-state index contributed by atoms with van der Waals surface area (Å²) in [5.41, 5.74) is 1.10. The van der Waals surface area contributed by atoms with Gasteiger partial charge in [0.1, 0.15) is 0 Å². The molecule has 0 fully saturated rings. The molecule has 2 unspecified atom stereocenters.